The molecule has 67 heavy (non-hydrogen) atoms. The van der Waals surface area contributed by atoms with Crippen molar-refractivity contribution < 1.29 is 0 Å². The molecule has 330 valence electrons. The highest BCUT2D eigenvalue weighted by molar-refractivity contribution is 5.86. The molecular formula is C59H54N8. The number of nitrogens with zero attached hydrogens (tertiary/aromatic N) is 8. The van der Waals surface area contributed by atoms with E-state index in [9.17, 15) is 0 Å². The molecule has 0 saturated heterocycles. The molecule has 0 atom stereocenters. The Hall–Kier alpha value is -8.10. The predicted octanol–water partition coefficient (Wildman–Crippen LogP) is 13.1. The minimum Gasteiger partial charge on any atom is -0.328 e. The predicted molar refractivity (Wildman–Crippen MR) is 280 cm³/mol. The molecular weight excluding hydrogens is 821 g/mol. The van der Waals surface area contributed by atoms with Crippen LogP contribution in [0.5, 0.6) is 0 Å². The van der Waals surface area contributed by atoms with Crippen LogP contribution in [0, 0.1) is 27.7 Å². The van der Waals surface area contributed by atoms with Gasteiger partial charge in [0.1, 0.15) is 0 Å². The van der Waals surface area contributed by atoms with Gasteiger partial charge in [0.05, 0.1) is 26.7 Å². The molecule has 7 aromatic carbocycles. The standard InChI is InChI=1S/C59H54N8/c1-42-5-13-47(14-6-42)60-25-29-64(38-60)51-21-23-55-56-24-22-52(65-30-26-61(39-65)48-15-7-43(2)8-16-48)37-58(56)59(57(55)36-51)46-33-53(66-31-27-62(40-66)49-17-9-44(3)10-18-49)35-54(34-46)67-32-28-63(41-67)50-19-11-45(4)12-20-50/h5-37,59H,38-41H2,1-4H3. The van der Waals surface area contributed by atoms with Crippen LogP contribution in [0.4, 0.5) is 45.5 Å². The van der Waals surface area contributed by atoms with Crippen molar-refractivity contribution >= 4 is 45.5 Å². The zero-order valence-electron chi connectivity index (χ0n) is 38.5. The van der Waals surface area contributed by atoms with Crippen molar-refractivity contribution in [1.82, 2.24) is 0 Å². The number of benzene rings is 7. The number of aryl methyl sites for hydroxylation is 4. The van der Waals surface area contributed by atoms with Gasteiger partial charge in [0.15, 0.2) is 0 Å². The Morgan fingerprint density at radius 3 is 0.821 bits per heavy atom. The van der Waals surface area contributed by atoms with Gasteiger partial charge >= 0.3 is 0 Å². The Morgan fingerprint density at radius 2 is 0.522 bits per heavy atom. The van der Waals surface area contributed by atoms with Gasteiger partial charge in [-0.3, -0.25) is 0 Å². The molecule has 0 bridgehead atoms. The summed E-state index contributed by atoms with van der Waals surface area (Å²) in [6, 6.07) is 56.7. The van der Waals surface area contributed by atoms with Gasteiger partial charge in [-0.1, -0.05) is 82.9 Å². The highest BCUT2D eigenvalue weighted by Gasteiger charge is 2.34. The summed E-state index contributed by atoms with van der Waals surface area (Å²) >= 11 is 0. The summed E-state index contributed by atoms with van der Waals surface area (Å²) in [7, 11) is 0. The van der Waals surface area contributed by atoms with Crippen molar-refractivity contribution in [3.8, 4) is 11.1 Å². The minimum absolute atomic E-state index is 0.0114. The molecule has 0 radical (unpaired) electrons. The van der Waals surface area contributed by atoms with E-state index in [2.05, 4.69) is 268 Å². The lowest BCUT2D eigenvalue weighted by atomic mass is 9.88. The number of rotatable bonds is 9. The maximum Gasteiger partial charge on any atom is 0.0989 e. The van der Waals surface area contributed by atoms with Crippen LogP contribution in [0.1, 0.15) is 44.9 Å². The second-order valence-corrected chi connectivity index (χ2v) is 18.6. The third-order valence-corrected chi connectivity index (χ3v) is 14.0. The fraction of sp³-hybridized carbons (Fsp3) is 0.153. The molecule has 0 unspecified atom stereocenters. The van der Waals surface area contributed by atoms with Crippen LogP contribution >= 0.6 is 0 Å². The summed E-state index contributed by atoms with van der Waals surface area (Å²) < 4.78 is 0. The van der Waals surface area contributed by atoms with E-state index in [1.54, 1.807) is 0 Å². The van der Waals surface area contributed by atoms with E-state index in [1.165, 1.54) is 84.2 Å². The maximum absolute atomic E-state index is 2.45. The van der Waals surface area contributed by atoms with Crippen LogP contribution in [0.25, 0.3) is 11.1 Å². The molecule has 0 spiro atoms. The molecule has 0 aromatic heterocycles. The van der Waals surface area contributed by atoms with E-state index in [4.69, 9.17) is 0 Å². The quantitative estimate of drug-likeness (QED) is 0.142. The molecule has 12 rings (SSSR count). The fourth-order valence-corrected chi connectivity index (χ4v) is 10.0. The summed E-state index contributed by atoms with van der Waals surface area (Å²) in [5.41, 5.74) is 21.0. The first kappa shape index (κ1) is 40.4. The first-order valence-corrected chi connectivity index (χ1v) is 23.3. The highest BCUT2D eigenvalue weighted by Crippen LogP contribution is 2.52. The number of hydrogen-bond donors (Lipinski definition) is 0. The maximum atomic E-state index is 2.45. The van der Waals surface area contributed by atoms with E-state index in [-0.39, 0.29) is 5.92 Å². The van der Waals surface area contributed by atoms with Gasteiger partial charge in [0, 0.05) is 101 Å². The molecule has 0 saturated carbocycles. The number of anilines is 8. The van der Waals surface area contributed by atoms with Gasteiger partial charge in [-0.15, -0.1) is 0 Å². The smallest absolute Gasteiger partial charge is 0.0989 e. The van der Waals surface area contributed by atoms with E-state index in [0.29, 0.717) is 0 Å². The molecule has 8 nitrogen and oxygen atoms in total. The molecule has 5 aliphatic rings. The van der Waals surface area contributed by atoms with E-state index in [0.717, 1.165) is 38.0 Å². The first-order valence-electron chi connectivity index (χ1n) is 23.3. The summed E-state index contributed by atoms with van der Waals surface area (Å²) in [6.45, 7) is 11.5. The Kier molecular flexibility index (Phi) is 9.89. The molecule has 1 aliphatic carbocycles. The van der Waals surface area contributed by atoms with Gasteiger partial charge in [-0.05, 0) is 147 Å². The largest absolute Gasteiger partial charge is 0.328 e. The van der Waals surface area contributed by atoms with Crippen molar-refractivity contribution in [2.75, 3.05) is 65.9 Å². The van der Waals surface area contributed by atoms with Crippen LogP contribution in [0.2, 0.25) is 0 Å². The molecule has 0 fully saturated rings. The average Bonchev–Trinajstić information content (AvgIpc) is 4.22. The molecule has 7 aromatic rings. The Balaban J connectivity index is 0.944. The third-order valence-electron chi connectivity index (χ3n) is 14.0. The molecule has 4 heterocycles. The van der Waals surface area contributed by atoms with Gasteiger partial charge < -0.3 is 39.2 Å². The van der Waals surface area contributed by atoms with E-state index >= 15 is 0 Å². The van der Waals surface area contributed by atoms with Crippen molar-refractivity contribution in [1.29, 1.82) is 0 Å². The lowest BCUT2D eigenvalue weighted by Crippen LogP contribution is -2.26. The Morgan fingerprint density at radius 1 is 0.269 bits per heavy atom. The fourth-order valence-electron chi connectivity index (χ4n) is 10.0. The van der Waals surface area contributed by atoms with Crippen molar-refractivity contribution in [2.24, 2.45) is 0 Å². The zero-order valence-corrected chi connectivity index (χ0v) is 38.5. The van der Waals surface area contributed by atoms with Crippen LogP contribution in [-0.4, -0.2) is 26.7 Å². The highest BCUT2D eigenvalue weighted by atomic mass is 15.4. The Labute approximate surface area is 394 Å². The van der Waals surface area contributed by atoms with E-state index < -0.39 is 0 Å². The number of fused-ring (bicyclic) bond motifs is 3. The summed E-state index contributed by atoms with van der Waals surface area (Å²) in [5.74, 6) is -0.0114. The zero-order chi connectivity index (χ0) is 45.2. The number of hydrogen-bond acceptors (Lipinski definition) is 8. The van der Waals surface area contributed by atoms with Gasteiger partial charge in [0.2, 0.25) is 0 Å². The topological polar surface area (TPSA) is 25.9 Å². The molecule has 0 amide bonds. The minimum atomic E-state index is -0.0114. The molecule has 4 aliphatic heterocycles. The summed E-state index contributed by atoms with van der Waals surface area (Å²) in [4.78, 5) is 18.8. The lowest BCUT2D eigenvalue weighted by Gasteiger charge is -2.27. The van der Waals surface area contributed by atoms with Crippen LogP contribution in [-0.2, 0) is 0 Å². The van der Waals surface area contributed by atoms with Crippen LogP contribution in [0.3, 0.4) is 0 Å². The first-order chi connectivity index (χ1) is 32.8. The second-order valence-electron chi connectivity index (χ2n) is 18.6. The SMILES string of the molecule is Cc1ccc(N2C=CN(c3cc(C4c5cc(N6C=CN(c7ccc(C)cc7)C6)ccc5-c5ccc(N6C=CN(c7ccc(C)cc7)C6)cc54)cc(N4C=CN(c5ccc(C)cc5)C4)c3)C2)cc1. The lowest BCUT2D eigenvalue weighted by molar-refractivity contribution is 0.943. The van der Waals surface area contributed by atoms with Gasteiger partial charge in [-0.25, -0.2) is 0 Å². The second kappa shape index (κ2) is 16.4. The monoisotopic (exact) mass is 874 g/mol. The van der Waals surface area contributed by atoms with Crippen molar-refractivity contribution in [3.63, 3.8) is 0 Å². The van der Waals surface area contributed by atoms with Crippen molar-refractivity contribution in [2.45, 2.75) is 33.6 Å². The summed E-state index contributed by atoms with van der Waals surface area (Å²) in [5, 5.41) is 0. The normalized spacial score (nSPS) is 16.2. The average molecular weight is 875 g/mol. The van der Waals surface area contributed by atoms with Gasteiger partial charge in [0.25, 0.3) is 0 Å². The van der Waals surface area contributed by atoms with E-state index in [1.807, 2.05) is 0 Å². The van der Waals surface area contributed by atoms with Crippen LogP contribution in [0.15, 0.2) is 201 Å². The molecule has 8 heteroatoms. The molecule has 0 N–H and O–H groups in total. The third kappa shape index (κ3) is 7.64. The van der Waals surface area contributed by atoms with Crippen LogP contribution < -0.4 is 39.2 Å². The Bertz CT molecular complexity index is 2910. The summed E-state index contributed by atoms with van der Waals surface area (Å²) in [6.07, 6.45) is 17.7. The van der Waals surface area contributed by atoms with Gasteiger partial charge in [-0.2, -0.15) is 0 Å². The van der Waals surface area contributed by atoms with Crippen molar-refractivity contribution in [3.05, 3.63) is 240 Å².